The van der Waals surface area contributed by atoms with Gasteiger partial charge in [0.05, 0.1) is 0 Å². The average molecular weight is 185 g/mol. The summed E-state index contributed by atoms with van der Waals surface area (Å²) in [4.78, 5) is 0. The normalized spacial score (nSPS) is 33.8. The Balaban J connectivity index is 2.08. The van der Waals surface area contributed by atoms with Crippen molar-refractivity contribution in [2.24, 2.45) is 17.1 Å². The summed E-state index contributed by atoms with van der Waals surface area (Å²) in [5, 5.41) is 0. The van der Waals surface area contributed by atoms with Crippen molar-refractivity contribution >= 4 is 11.8 Å². The number of hydrogen-bond donors (Lipinski definition) is 1. The van der Waals surface area contributed by atoms with E-state index in [0.29, 0.717) is 5.41 Å². The maximum atomic E-state index is 6.29. The average Bonchev–Trinajstić information content (AvgIpc) is 2.59. The first-order chi connectivity index (χ1) is 5.56. The minimum Gasteiger partial charge on any atom is -0.325 e. The van der Waals surface area contributed by atoms with Gasteiger partial charge in [0.2, 0.25) is 0 Å². The minimum atomic E-state index is 0.197. The van der Waals surface area contributed by atoms with E-state index in [2.05, 4.69) is 25.6 Å². The van der Waals surface area contributed by atoms with Gasteiger partial charge in [0.15, 0.2) is 0 Å². The van der Waals surface area contributed by atoms with E-state index >= 15 is 0 Å². The molecule has 2 aliphatic rings. The molecule has 0 radical (unpaired) electrons. The fourth-order valence-electron chi connectivity index (χ4n) is 2.29. The van der Waals surface area contributed by atoms with Crippen LogP contribution in [0, 0.1) is 11.3 Å². The van der Waals surface area contributed by atoms with Crippen LogP contribution in [0.4, 0.5) is 0 Å². The largest absolute Gasteiger partial charge is 0.325 e. The molecule has 1 saturated heterocycles. The van der Waals surface area contributed by atoms with Crippen LogP contribution in [0.3, 0.4) is 0 Å². The van der Waals surface area contributed by atoms with Crippen LogP contribution >= 0.6 is 11.8 Å². The highest BCUT2D eigenvalue weighted by Crippen LogP contribution is 2.54. The molecular weight excluding hydrogens is 166 g/mol. The van der Waals surface area contributed by atoms with Crippen molar-refractivity contribution in [3.63, 3.8) is 0 Å². The van der Waals surface area contributed by atoms with E-state index in [1.807, 2.05) is 0 Å². The zero-order valence-electron chi connectivity index (χ0n) is 8.10. The van der Waals surface area contributed by atoms with E-state index in [1.165, 1.54) is 30.8 Å². The molecule has 0 aromatic rings. The molecule has 1 unspecified atom stereocenters. The lowest BCUT2D eigenvalue weighted by Gasteiger charge is -2.37. The highest BCUT2D eigenvalue weighted by molar-refractivity contribution is 7.99. The summed E-state index contributed by atoms with van der Waals surface area (Å²) in [6, 6.07) is 0. The fraction of sp³-hybridized carbons (Fsp3) is 1.00. The molecule has 1 nitrogen and oxygen atoms in total. The molecular formula is C10H19NS. The van der Waals surface area contributed by atoms with Crippen molar-refractivity contribution in [2.75, 3.05) is 11.5 Å². The molecule has 2 rings (SSSR count). The highest BCUT2D eigenvalue weighted by atomic mass is 32.2. The second-order valence-electron chi connectivity index (χ2n) is 4.94. The van der Waals surface area contributed by atoms with Gasteiger partial charge in [0.25, 0.3) is 0 Å². The zero-order valence-corrected chi connectivity index (χ0v) is 8.91. The molecule has 2 N–H and O–H groups in total. The molecule has 0 aromatic heterocycles. The monoisotopic (exact) mass is 185 g/mol. The van der Waals surface area contributed by atoms with E-state index < -0.39 is 0 Å². The molecule has 2 heteroatoms. The third-order valence-electron chi connectivity index (χ3n) is 4.02. The van der Waals surface area contributed by atoms with Crippen LogP contribution in [-0.2, 0) is 0 Å². The molecule has 12 heavy (non-hydrogen) atoms. The predicted molar refractivity (Wildman–Crippen MR) is 55.4 cm³/mol. The molecule has 2 fully saturated rings. The third-order valence-corrected chi connectivity index (χ3v) is 5.18. The quantitative estimate of drug-likeness (QED) is 0.714. The minimum absolute atomic E-state index is 0.197. The lowest BCUT2D eigenvalue weighted by Crippen LogP contribution is -2.45. The zero-order chi connectivity index (χ0) is 8.82. The Morgan fingerprint density at radius 2 is 2.08 bits per heavy atom. The molecule has 1 aliphatic carbocycles. The molecule has 0 bridgehead atoms. The molecule has 0 spiro atoms. The van der Waals surface area contributed by atoms with Crippen LogP contribution < -0.4 is 5.73 Å². The Morgan fingerprint density at radius 3 is 2.50 bits per heavy atom. The SMILES string of the molecule is CC(C)(C1CCSC1)C1(N)CC1. The highest BCUT2D eigenvalue weighted by Gasteiger charge is 2.54. The molecule has 70 valence electrons. The van der Waals surface area contributed by atoms with E-state index in [1.54, 1.807) is 0 Å². The number of thioether (sulfide) groups is 1. The van der Waals surface area contributed by atoms with Gasteiger partial charge in [-0.2, -0.15) is 11.8 Å². The maximum Gasteiger partial charge on any atom is 0.0210 e. The van der Waals surface area contributed by atoms with Crippen molar-refractivity contribution < 1.29 is 0 Å². The topological polar surface area (TPSA) is 26.0 Å². The van der Waals surface area contributed by atoms with Crippen LogP contribution in [0.25, 0.3) is 0 Å². The molecule has 1 heterocycles. The van der Waals surface area contributed by atoms with Gasteiger partial charge in [0, 0.05) is 5.54 Å². The predicted octanol–water partition coefficient (Wildman–Crippen LogP) is 2.26. The molecule has 0 aromatic carbocycles. The van der Waals surface area contributed by atoms with Crippen molar-refractivity contribution in [3.8, 4) is 0 Å². The van der Waals surface area contributed by atoms with Gasteiger partial charge < -0.3 is 5.73 Å². The van der Waals surface area contributed by atoms with E-state index in [-0.39, 0.29) is 5.54 Å². The second kappa shape index (κ2) is 2.65. The van der Waals surface area contributed by atoms with Crippen LogP contribution in [0.1, 0.15) is 33.1 Å². The van der Waals surface area contributed by atoms with Gasteiger partial charge in [-0.25, -0.2) is 0 Å². The smallest absolute Gasteiger partial charge is 0.0210 e. The van der Waals surface area contributed by atoms with E-state index in [0.717, 1.165) is 5.92 Å². The van der Waals surface area contributed by atoms with Gasteiger partial charge in [0.1, 0.15) is 0 Å². The number of rotatable bonds is 2. The van der Waals surface area contributed by atoms with Crippen LogP contribution in [0.2, 0.25) is 0 Å². The van der Waals surface area contributed by atoms with Crippen molar-refractivity contribution in [2.45, 2.75) is 38.6 Å². The number of hydrogen-bond acceptors (Lipinski definition) is 2. The first kappa shape index (κ1) is 8.89. The van der Waals surface area contributed by atoms with Gasteiger partial charge in [-0.1, -0.05) is 13.8 Å². The Kier molecular flexibility index (Phi) is 1.96. The van der Waals surface area contributed by atoms with E-state index in [4.69, 9.17) is 5.73 Å². The summed E-state index contributed by atoms with van der Waals surface area (Å²) in [6.45, 7) is 4.74. The van der Waals surface area contributed by atoms with Crippen LogP contribution in [0.15, 0.2) is 0 Å². The van der Waals surface area contributed by atoms with E-state index in [9.17, 15) is 0 Å². The van der Waals surface area contributed by atoms with Crippen molar-refractivity contribution in [1.82, 2.24) is 0 Å². The van der Waals surface area contributed by atoms with Gasteiger partial charge >= 0.3 is 0 Å². The Morgan fingerprint density at radius 1 is 1.42 bits per heavy atom. The van der Waals surface area contributed by atoms with Crippen molar-refractivity contribution in [3.05, 3.63) is 0 Å². The van der Waals surface area contributed by atoms with Gasteiger partial charge in [-0.05, 0) is 42.1 Å². The summed E-state index contributed by atoms with van der Waals surface area (Å²) in [5.41, 5.74) is 6.88. The summed E-state index contributed by atoms with van der Waals surface area (Å²) < 4.78 is 0. The molecule has 1 saturated carbocycles. The summed E-state index contributed by atoms with van der Waals surface area (Å²) in [7, 11) is 0. The van der Waals surface area contributed by atoms with Gasteiger partial charge in [-0.15, -0.1) is 0 Å². The lowest BCUT2D eigenvalue weighted by molar-refractivity contribution is 0.169. The summed E-state index contributed by atoms with van der Waals surface area (Å²) >= 11 is 2.10. The second-order valence-corrected chi connectivity index (χ2v) is 6.09. The molecule has 0 amide bonds. The van der Waals surface area contributed by atoms with Gasteiger partial charge in [-0.3, -0.25) is 0 Å². The Labute approximate surface area is 79.5 Å². The third kappa shape index (κ3) is 1.20. The Hall–Kier alpha value is 0.310. The van der Waals surface area contributed by atoms with Crippen LogP contribution in [0.5, 0.6) is 0 Å². The summed E-state index contributed by atoms with van der Waals surface area (Å²) in [5.74, 6) is 3.56. The summed E-state index contributed by atoms with van der Waals surface area (Å²) in [6.07, 6.45) is 3.89. The van der Waals surface area contributed by atoms with Crippen LogP contribution in [-0.4, -0.2) is 17.0 Å². The first-order valence-electron chi connectivity index (χ1n) is 4.93. The maximum absolute atomic E-state index is 6.29. The van der Waals surface area contributed by atoms with Crippen molar-refractivity contribution in [1.29, 1.82) is 0 Å². The lowest BCUT2D eigenvalue weighted by atomic mass is 9.71. The first-order valence-corrected chi connectivity index (χ1v) is 6.08. The molecule has 1 aliphatic heterocycles. The number of nitrogens with two attached hydrogens (primary N) is 1. The Bertz CT molecular complexity index is 178. The standard InChI is InChI=1S/C10H19NS/c1-9(2,10(11)4-5-10)8-3-6-12-7-8/h8H,3-7,11H2,1-2H3. The fourth-order valence-corrected chi connectivity index (χ4v) is 3.77. The molecule has 1 atom stereocenters.